The monoisotopic (exact) mass is 295 g/mol. The lowest BCUT2D eigenvalue weighted by Crippen LogP contribution is -2.23. The summed E-state index contributed by atoms with van der Waals surface area (Å²) < 4.78 is 3.26. The number of nitrogens with one attached hydrogen (secondary N) is 1. The Morgan fingerprint density at radius 1 is 1.41 bits per heavy atom. The maximum atomic E-state index is 4.68. The first-order chi connectivity index (χ1) is 7.99. The molecule has 1 aromatic carbocycles. The highest BCUT2D eigenvalue weighted by Crippen LogP contribution is 2.24. The third kappa shape index (κ3) is 2.53. The van der Waals surface area contributed by atoms with Crippen molar-refractivity contribution in [2.45, 2.75) is 33.4 Å². The number of benzene rings is 1. The van der Waals surface area contributed by atoms with Crippen molar-refractivity contribution in [2.24, 2.45) is 7.05 Å². The van der Waals surface area contributed by atoms with E-state index < -0.39 is 0 Å². The van der Waals surface area contributed by atoms with Crippen LogP contribution in [0.5, 0.6) is 0 Å². The minimum absolute atomic E-state index is 0.475. The molecule has 0 aliphatic heterocycles. The van der Waals surface area contributed by atoms with Gasteiger partial charge in [0.15, 0.2) is 0 Å². The van der Waals surface area contributed by atoms with Gasteiger partial charge in [-0.25, -0.2) is 4.98 Å². The van der Waals surface area contributed by atoms with Crippen LogP contribution in [0.4, 0.5) is 0 Å². The third-order valence-corrected chi connectivity index (χ3v) is 3.34. The lowest BCUT2D eigenvalue weighted by molar-refractivity contribution is 0.563. The number of aryl methyl sites for hydroxylation is 2. The molecule has 0 saturated carbocycles. The Kier molecular flexibility index (Phi) is 3.54. The molecule has 1 aromatic heterocycles. The Labute approximate surface area is 110 Å². The van der Waals surface area contributed by atoms with E-state index in [9.17, 15) is 0 Å². The lowest BCUT2D eigenvalue weighted by atomic mass is 10.2. The zero-order chi connectivity index (χ0) is 12.6. The van der Waals surface area contributed by atoms with Crippen LogP contribution in [0.1, 0.15) is 25.2 Å². The Bertz CT molecular complexity index is 543. The maximum absolute atomic E-state index is 4.68. The average Bonchev–Trinajstić information content (AvgIpc) is 2.52. The number of nitrogens with zero attached hydrogens (tertiary/aromatic N) is 2. The Morgan fingerprint density at radius 2 is 2.12 bits per heavy atom. The molecule has 0 aliphatic carbocycles. The van der Waals surface area contributed by atoms with Crippen molar-refractivity contribution >= 4 is 27.0 Å². The smallest absolute Gasteiger partial charge is 0.123 e. The van der Waals surface area contributed by atoms with Gasteiger partial charge in [0, 0.05) is 17.6 Å². The summed E-state index contributed by atoms with van der Waals surface area (Å²) in [5.41, 5.74) is 3.52. The molecule has 0 fully saturated rings. The molecule has 17 heavy (non-hydrogen) atoms. The zero-order valence-corrected chi connectivity index (χ0v) is 12.3. The van der Waals surface area contributed by atoms with Crippen molar-refractivity contribution in [2.75, 3.05) is 0 Å². The van der Waals surface area contributed by atoms with Crippen LogP contribution in [0.15, 0.2) is 16.6 Å². The van der Waals surface area contributed by atoms with Gasteiger partial charge < -0.3 is 9.88 Å². The molecule has 0 bridgehead atoms. The second-order valence-corrected chi connectivity index (χ2v) is 5.63. The molecule has 4 heteroatoms. The van der Waals surface area contributed by atoms with E-state index in [0.717, 1.165) is 22.4 Å². The normalized spacial score (nSPS) is 11.6. The second kappa shape index (κ2) is 4.78. The summed E-state index contributed by atoms with van der Waals surface area (Å²) in [6.45, 7) is 7.21. The van der Waals surface area contributed by atoms with Crippen molar-refractivity contribution in [3.8, 4) is 0 Å². The molecule has 3 nitrogen and oxygen atoms in total. The topological polar surface area (TPSA) is 29.9 Å². The van der Waals surface area contributed by atoms with Gasteiger partial charge in [-0.15, -0.1) is 0 Å². The number of hydrogen-bond acceptors (Lipinski definition) is 2. The van der Waals surface area contributed by atoms with E-state index in [0.29, 0.717) is 6.04 Å². The number of fused-ring (bicyclic) bond motifs is 1. The van der Waals surface area contributed by atoms with Gasteiger partial charge in [0.1, 0.15) is 5.82 Å². The van der Waals surface area contributed by atoms with E-state index in [1.165, 1.54) is 11.1 Å². The summed E-state index contributed by atoms with van der Waals surface area (Å²) in [6, 6.07) is 4.67. The van der Waals surface area contributed by atoms with Crippen molar-refractivity contribution in [1.82, 2.24) is 14.9 Å². The number of halogens is 1. The van der Waals surface area contributed by atoms with Crippen molar-refractivity contribution in [3.63, 3.8) is 0 Å². The minimum Gasteiger partial charge on any atom is -0.330 e. The van der Waals surface area contributed by atoms with Gasteiger partial charge in [-0.2, -0.15) is 0 Å². The zero-order valence-electron chi connectivity index (χ0n) is 10.7. The molecule has 0 aliphatic rings. The molecule has 0 atom stereocenters. The highest BCUT2D eigenvalue weighted by Gasteiger charge is 2.10. The predicted octanol–water partition coefficient (Wildman–Crippen LogP) is 3.14. The predicted molar refractivity (Wildman–Crippen MR) is 75.1 cm³/mol. The molecule has 1 heterocycles. The lowest BCUT2D eigenvalue weighted by Gasteiger charge is -2.08. The molecule has 0 radical (unpaired) electrons. The van der Waals surface area contributed by atoms with Crippen molar-refractivity contribution in [1.29, 1.82) is 0 Å². The van der Waals surface area contributed by atoms with E-state index in [4.69, 9.17) is 0 Å². The van der Waals surface area contributed by atoms with Gasteiger partial charge in [0.2, 0.25) is 0 Å². The molecular weight excluding hydrogens is 278 g/mol. The van der Waals surface area contributed by atoms with Crippen LogP contribution >= 0.6 is 15.9 Å². The Balaban J connectivity index is 2.45. The molecule has 92 valence electrons. The highest BCUT2D eigenvalue weighted by atomic mass is 79.9. The van der Waals surface area contributed by atoms with Gasteiger partial charge >= 0.3 is 0 Å². The van der Waals surface area contributed by atoms with Crippen LogP contribution in [0.25, 0.3) is 11.0 Å². The summed E-state index contributed by atoms with van der Waals surface area (Å²) >= 11 is 3.51. The quantitative estimate of drug-likeness (QED) is 0.943. The first kappa shape index (κ1) is 12.6. The summed E-state index contributed by atoms with van der Waals surface area (Å²) in [4.78, 5) is 4.68. The molecule has 2 aromatic rings. The van der Waals surface area contributed by atoms with E-state index in [2.05, 4.69) is 70.7 Å². The van der Waals surface area contributed by atoms with Crippen LogP contribution in [-0.4, -0.2) is 15.6 Å². The molecule has 0 unspecified atom stereocenters. The van der Waals surface area contributed by atoms with Crippen molar-refractivity contribution < 1.29 is 0 Å². The fourth-order valence-corrected chi connectivity index (χ4v) is 2.60. The van der Waals surface area contributed by atoms with Gasteiger partial charge in [-0.3, -0.25) is 0 Å². The number of imidazole rings is 1. The Hall–Kier alpha value is -0.870. The number of hydrogen-bond donors (Lipinski definition) is 1. The number of rotatable bonds is 3. The van der Waals surface area contributed by atoms with Gasteiger partial charge in [0.25, 0.3) is 0 Å². The van der Waals surface area contributed by atoms with E-state index in [-0.39, 0.29) is 0 Å². The van der Waals surface area contributed by atoms with Crippen LogP contribution in [-0.2, 0) is 13.6 Å². The molecule has 1 N–H and O–H groups in total. The number of aromatic nitrogens is 2. The summed E-state index contributed by atoms with van der Waals surface area (Å²) in [6.07, 6.45) is 0. The second-order valence-electron chi connectivity index (χ2n) is 4.71. The third-order valence-electron chi connectivity index (χ3n) is 2.89. The van der Waals surface area contributed by atoms with Crippen molar-refractivity contribution in [3.05, 3.63) is 28.0 Å². The van der Waals surface area contributed by atoms with Gasteiger partial charge in [0.05, 0.1) is 17.6 Å². The highest BCUT2D eigenvalue weighted by molar-refractivity contribution is 9.10. The Morgan fingerprint density at radius 3 is 2.76 bits per heavy atom. The first-order valence-corrected chi connectivity index (χ1v) is 6.63. The maximum Gasteiger partial charge on any atom is 0.123 e. The van der Waals surface area contributed by atoms with E-state index in [1.54, 1.807) is 0 Å². The van der Waals surface area contributed by atoms with Crippen LogP contribution in [0, 0.1) is 6.92 Å². The van der Waals surface area contributed by atoms with Crippen LogP contribution in [0.2, 0.25) is 0 Å². The van der Waals surface area contributed by atoms with E-state index in [1.807, 2.05) is 0 Å². The largest absolute Gasteiger partial charge is 0.330 e. The minimum atomic E-state index is 0.475. The van der Waals surface area contributed by atoms with Crippen LogP contribution < -0.4 is 5.32 Å². The fraction of sp³-hybridized carbons (Fsp3) is 0.462. The summed E-state index contributed by atoms with van der Waals surface area (Å²) in [5.74, 6) is 1.08. The SMILES string of the molecule is Cc1cc(Br)cc2nc(CNC(C)C)n(C)c12. The standard InChI is InChI=1S/C13H18BrN3/c1-8(2)15-7-12-16-11-6-10(14)5-9(3)13(11)17(12)4/h5-6,8,15H,7H2,1-4H3. The van der Waals surface area contributed by atoms with Gasteiger partial charge in [-0.1, -0.05) is 29.8 Å². The van der Waals surface area contributed by atoms with Gasteiger partial charge in [-0.05, 0) is 24.6 Å². The molecule has 0 spiro atoms. The molecular formula is C13H18BrN3. The first-order valence-electron chi connectivity index (χ1n) is 5.84. The molecule has 0 saturated heterocycles. The van der Waals surface area contributed by atoms with Crippen LogP contribution in [0.3, 0.4) is 0 Å². The summed E-state index contributed by atoms with van der Waals surface area (Å²) in [5, 5.41) is 3.40. The van der Waals surface area contributed by atoms with E-state index >= 15 is 0 Å². The fourth-order valence-electron chi connectivity index (χ4n) is 2.04. The average molecular weight is 296 g/mol. The molecule has 0 amide bonds. The summed E-state index contributed by atoms with van der Waals surface area (Å²) in [7, 11) is 2.08. The molecule has 2 rings (SSSR count).